The van der Waals surface area contributed by atoms with Crippen molar-refractivity contribution in [2.75, 3.05) is 6.61 Å². The molecule has 0 saturated carbocycles. The molecular formula is C15H22O3. The van der Waals surface area contributed by atoms with Crippen molar-refractivity contribution in [1.82, 2.24) is 0 Å². The lowest BCUT2D eigenvalue weighted by Crippen LogP contribution is -2.11. The largest absolute Gasteiger partial charge is 0.466 e. The third kappa shape index (κ3) is 6.84. The fourth-order valence-electron chi connectivity index (χ4n) is 1.18. The van der Waals surface area contributed by atoms with Gasteiger partial charge in [-0.1, -0.05) is 50.1 Å². The summed E-state index contributed by atoms with van der Waals surface area (Å²) in [4.78, 5) is 22.6. The number of esters is 1. The molecule has 0 aliphatic carbocycles. The summed E-state index contributed by atoms with van der Waals surface area (Å²) in [6.45, 7) is 8.22. The molecule has 0 atom stereocenters. The predicted octanol–water partition coefficient (Wildman–Crippen LogP) is 3.55. The molecule has 0 aromatic heterocycles. The van der Waals surface area contributed by atoms with Crippen molar-refractivity contribution in [3.05, 3.63) is 35.4 Å². The highest BCUT2D eigenvalue weighted by atomic mass is 16.5. The normalized spacial score (nSPS) is 9.11. The van der Waals surface area contributed by atoms with Gasteiger partial charge >= 0.3 is 5.97 Å². The van der Waals surface area contributed by atoms with E-state index in [1.807, 2.05) is 19.1 Å². The van der Waals surface area contributed by atoms with Gasteiger partial charge in [0.1, 0.15) is 6.42 Å². The molecule has 1 aromatic carbocycles. The number of ketones is 1. The van der Waals surface area contributed by atoms with Gasteiger partial charge < -0.3 is 4.74 Å². The fraction of sp³-hybridized carbons (Fsp3) is 0.467. The van der Waals surface area contributed by atoms with E-state index in [-0.39, 0.29) is 12.2 Å². The minimum atomic E-state index is -0.469. The summed E-state index contributed by atoms with van der Waals surface area (Å²) in [6, 6.07) is 7.13. The van der Waals surface area contributed by atoms with Crippen LogP contribution in [0.5, 0.6) is 0 Å². The average Bonchev–Trinajstić information content (AvgIpc) is 2.31. The third-order valence-corrected chi connectivity index (χ3v) is 1.98. The Morgan fingerprint density at radius 1 is 1.06 bits per heavy atom. The highest BCUT2D eigenvalue weighted by Crippen LogP contribution is 2.06. The Morgan fingerprint density at radius 2 is 1.56 bits per heavy atom. The maximum Gasteiger partial charge on any atom is 0.313 e. The van der Waals surface area contributed by atoms with Gasteiger partial charge in [-0.15, -0.1) is 0 Å². The zero-order chi connectivity index (χ0) is 14.0. The van der Waals surface area contributed by atoms with Crippen molar-refractivity contribution >= 4 is 11.8 Å². The van der Waals surface area contributed by atoms with Gasteiger partial charge in [-0.3, -0.25) is 9.59 Å². The quantitative estimate of drug-likeness (QED) is 0.466. The lowest BCUT2D eigenvalue weighted by molar-refractivity contribution is -0.141. The van der Waals surface area contributed by atoms with Crippen LogP contribution in [-0.2, 0) is 9.53 Å². The van der Waals surface area contributed by atoms with Crippen LogP contribution in [0, 0.1) is 6.92 Å². The molecule has 0 spiro atoms. The Hall–Kier alpha value is -1.64. The van der Waals surface area contributed by atoms with Gasteiger partial charge in [0.05, 0.1) is 6.61 Å². The van der Waals surface area contributed by atoms with Crippen LogP contribution in [0.25, 0.3) is 0 Å². The summed E-state index contributed by atoms with van der Waals surface area (Å²) in [5.74, 6) is -0.670. The molecule has 0 bridgehead atoms. The van der Waals surface area contributed by atoms with E-state index >= 15 is 0 Å². The van der Waals surface area contributed by atoms with Gasteiger partial charge in [-0.2, -0.15) is 0 Å². The van der Waals surface area contributed by atoms with E-state index in [2.05, 4.69) is 13.8 Å². The Bertz CT molecular complexity index is 366. The molecule has 1 aromatic rings. The van der Waals surface area contributed by atoms with Crippen LogP contribution in [0.3, 0.4) is 0 Å². The van der Waals surface area contributed by atoms with E-state index in [9.17, 15) is 9.59 Å². The number of carbonyl (C=O) groups is 2. The minimum absolute atomic E-state index is 0.184. The summed E-state index contributed by atoms with van der Waals surface area (Å²) < 4.78 is 4.70. The topological polar surface area (TPSA) is 43.4 Å². The van der Waals surface area contributed by atoms with Crippen LogP contribution in [0.2, 0.25) is 0 Å². The molecule has 0 amide bonds. The third-order valence-electron chi connectivity index (χ3n) is 1.98. The number of rotatable bonds is 4. The summed E-state index contributed by atoms with van der Waals surface area (Å²) in [5, 5.41) is 0. The van der Waals surface area contributed by atoms with E-state index in [0.29, 0.717) is 12.2 Å². The van der Waals surface area contributed by atoms with Gasteiger partial charge in [0, 0.05) is 5.56 Å². The monoisotopic (exact) mass is 250 g/mol. The SMILES string of the molecule is CCC.CCOC(=O)CC(=O)c1ccc(C)cc1. The molecule has 0 unspecified atom stereocenters. The first kappa shape index (κ1) is 16.4. The zero-order valence-electron chi connectivity index (χ0n) is 11.7. The van der Waals surface area contributed by atoms with Crippen LogP contribution in [0.4, 0.5) is 0 Å². The molecule has 3 heteroatoms. The van der Waals surface area contributed by atoms with Crippen LogP contribution in [0.15, 0.2) is 24.3 Å². The Balaban J connectivity index is 0.000000873. The maximum atomic E-state index is 11.5. The number of Topliss-reactive ketones (excluding diaryl/α,β-unsaturated/α-hetero) is 1. The molecule has 100 valence electrons. The van der Waals surface area contributed by atoms with Crippen molar-refractivity contribution in [2.45, 2.75) is 40.5 Å². The van der Waals surface area contributed by atoms with Crippen LogP contribution in [-0.4, -0.2) is 18.4 Å². The summed E-state index contributed by atoms with van der Waals surface area (Å²) in [6.07, 6.45) is 1.07. The molecule has 0 N–H and O–H groups in total. The number of aryl methyl sites for hydroxylation is 1. The standard InChI is InChI=1S/C12H14O3.C3H8/c1-3-15-12(14)8-11(13)10-6-4-9(2)5-7-10;1-3-2/h4-7H,3,8H2,1-2H3;3H2,1-2H3. The fourth-order valence-corrected chi connectivity index (χ4v) is 1.18. The van der Waals surface area contributed by atoms with Crippen molar-refractivity contribution in [2.24, 2.45) is 0 Å². The number of hydrogen-bond donors (Lipinski definition) is 0. The number of ether oxygens (including phenoxy) is 1. The molecule has 0 heterocycles. The summed E-state index contributed by atoms with van der Waals surface area (Å²) in [7, 11) is 0. The van der Waals surface area contributed by atoms with E-state index in [0.717, 1.165) is 5.56 Å². The molecule has 0 aliphatic heterocycles. The highest BCUT2D eigenvalue weighted by Gasteiger charge is 2.11. The Morgan fingerprint density at radius 3 is 2.00 bits per heavy atom. The number of carbonyl (C=O) groups excluding carboxylic acids is 2. The van der Waals surface area contributed by atoms with E-state index in [4.69, 9.17) is 4.74 Å². The molecule has 0 saturated heterocycles. The van der Waals surface area contributed by atoms with Crippen molar-refractivity contribution in [1.29, 1.82) is 0 Å². The first-order chi connectivity index (χ1) is 8.54. The summed E-state index contributed by atoms with van der Waals surface area (Å²) in [5.41, 5.74) is 1.64. The van der Waals surface area contributed by atoms with Crippen LogP contribution in [0.1, 0.15) is 49.5 Å². The number of benzene rings is 1. The number of hydrogen-bond acceptors (Lipinski definition) is 3. The molecule has 0 fully saturated rings. The van der Waals surface area contributed by atoms with E-state index in [1.165, 1.54) is 6.42 Å². The average molecular weight is 250 g/mol. The Kier molecular flexibility index (Phi) is 8.54. The predicted molar refractivity (Wildman–Crippen MR) is 72.7 cm³/mol. The molecule has 0 aliphatic rings. The van der Waals surface area contributed by atoms with Crippen LogP contribution >= 0.6 is 0 Å². The van der Waals surface area contributed by atoms with Crippen molar-refractivity contribution in [3.63, 3.8) is 0 Å². The van der Waals surface area contributed by atoms with Crippen LogP contribution < -0.4 is 0 Å². The van der Waals surface area contributed by atoms with Gasteiger partial charge in [0.2, 0.25) is 0 Å². The second kappa shape index (κ2) is 9.40. The molecule has 18 heavy (non-hydrogen) atoms. The second-order valence-electron chi connectivity index (χ2n) is 3.98. The molecule has 0 radical (unpaired) electrons. The Labute approximate surface area is 109 Å². The minimum Gasteiger partial charge on any atom is -0.466 e. The molecule has 3 nitrogen and oxygen atoms in total. The highest BCUT2D eigenvalue weighted by molar-refractivity contribution is 6.05. The van der Waals surface area contributed by atoms with E-state index in [1.54, 1.807) is 19.1 Å². The van der Waals surface area contributed by atoms with Gasteiger partial charge in [0.15, 0.2) is 5.78 Å². The van der Waals surface area contributed by atoms with Crippen molar-refractivity contribution in [3.8, 4) is 0 Å². The van der Waals surface area contributed by atoms with Gasteiger partial charge in [-0.25, -0.2) is 0 Å². The van der Waals surface area contributed by atoms with E-state index < -0.39 is 5.97 Å². The lowest BCUT2D eigenvalue weighted by atomic mass is 10.1. The smallest absolute Gasteiger partial charge is 0.313 e. The van der Waals surface area contributed by atoms with Crippen molar-refractivity contribution < 1.29 is 14.3 Å². The first-order valence-electron chi connectivity index (χ1n) is 6.30. The van der Waals surface area contributed by atoms with Gasteiger partial charge in [0.25, 0.3) is 0 Å². The summed E-state index contributed by atoms with van der Waals surface area (Å²) >= 11 is 0. The second-order valence-corrected chi connectivity index (χ2v) is 3.98. The first-order valence-corrected chi connectivity index (χ1v) is 6.30. The maximum absolute atomic E-state index is 11.5. The molecule has 1 rings (SSSR count). The van der Waals surface area contributed by atoms with Gasteiger partial charge in [-0.05, 0) is 13.8 Å². The molecular weight excluding hydrogens is 228 g/mol. The lowest BCUT2D eigenvalue weighted by Gasteiger charge is -2.01. The zero-order valence-corrected chi connectivity index (χ0v) is 11.7.